The first-order chi connectivity index (χ1) is 10.3. The number of ether oxygens (including phenoxy) is 1. The van der Waals surface area contributed by atoms with Crippen LogP contribution in [0.4, 0.5) is 0 Å². The van der Waals surface area contributed by atoms with Crippen LogP contribution in [-0.4, -0.2) is 44.0 Å². The molecule has 0 aliphatic heterocycles. The lowest BCUT2D eigenvalue weighted by Crippen LogP contribution is -2.03. The van der Waals surface area contributed by atoms with Crippen LogP contribution in [0, 0.1) is 0 Å². The van der Waals surface area contributed by atoms with Crippen molar-refractivity contribution < 1.29 is 23.9 Å². The zero-order chi connectivity index (χ0) is 16.3. The molecule has 0 bridgehead atoms. The first-order valence-electron chi connectivity index (χ1n) is 6.13. The number of methoxy groups -OCH3 is 1. The van der Waals surface area contributed by atoms with Gasteiger partial charge >= 0.3 is 13.6 Å². The van der Waals surface area contributed by atoms with Gasteiger partial charge in [-0.15, -0.1) is 5.10 Å². The lowest BCUT2D eigenvalue weighted by atomic mass is 10.1. The Balaban J connectivity index is 2.19. The first kappa shape index (κ1) is 16.6. The average molecular weight is 346 g/mol. The van der Waals surface area contributed by atoms with Gasteiger partial charge in [0, 0.05) is 5.56 Å². The summed E-state index contributed by atoms with van der Waals surface area (Å²) in [6.07, 6.45) is 1.22. The van der Waals surface area contributed by atoms with E-state index in [4.69, 9.17) is 21.4 Å². The minimum Gasteiger partial charge on any atom is -0.465 e. The zero-order valence-corrected chi connectivity index (χ0v) is 13.2. The number of halogens is 1. The molecule has 118 valence electrons. The summed E-state index contributed by atoms with van der Waals surface area (Å²) in [5.41, 5.74) is 1.34. The molecular weight excluding hydrogens is 333 g/mol. The number of esters is 1. The highest BCUT2D eigenvalue weighted by Crippen LogP contribution is 2.34. The highest BCUT2D eigenvalue weighted by atomic mass is 35.5. The van der Waals surface area contributed by atoms with Crippen molar-refractivity contribution in [3.8, 4) is 11.3 Å². The number of nitrogens with zero attached hydrogens (tertiary/aromatic N) is 3. The molecule has 0 atom stereocenters. The molecule has 10 heteroatoms. The monoisotopic (exact) mass is 345 g/mol. The van der Waals surface area contributed by atoms with E-state index in [0.29, 0.717) is 11.3 Å². The fourth-order valence-electron chi connectivity index (χ4n) is 1.72. The average Bonchev–Trinajstić information content (AvgIpc) is 2.92. The molecule has 1 aromatic heterocycles. The van der Waals surface area contributed by atoms with Gasteiger partial charge in [0.25, 0.3) is 0 Å². The Hall–Kier alpha value is -1.73. The number of hydrogen-bond acceptors (Lipinski definition) is 5. The molecule has 1 aromatic carbocycles. The molecule has 0 spiro atoms. The van der Waals surface area contributed by atoms with Crippen LogP contribution in [0.2, 0.25) is 5.02 Å². The van der Waals surface area contributed by atoms with Gasteiger partial charge < -0.3 is 14.5 Å². The normalized spacial score (nSPS) is 11.5. The quantitative estimate of drug-likeness (QED) is 0.624. The molecule has 0 fully saturated rings. The van der Waals surface area contributed by atoms with E-state index in [1.54, 1.807) is 18.3 Å². The number of benzene rings is 1. The van der Waals surface area contributed by atoms with Crippen LogP contribution in [0.3, 0.4) is 0 Å². The Morgan fingerprint density at radius 2 is 2.18 bits per heavy atom. The van der Waals surface area contributed by atoms with Gasteiger partial charge in [0.2, 0.25) is 0 Å². The molecule has 0 saturated heterocycles. The Morgan fingerprint density at radius 3 is 2.77 bits per heavy atom. The van der Waals surface area contributed by atoms with E-state index in [1.165, 1.54) is 17.9 Å². The summed E-state index contributed by atoms with van der Waals surface area (Å²) in [5.74, 6) is -0.540. The van der Waals surface area contributed by atoms with Crippen molar-refractivity contribution >= 4 is 25.2 Å². The lowest BCUT2D eigenvalue weighted by molar-refractivity contribution is 0.0601. The second kappa shape index (κ2) is 6.58. The van der Waals surface area contributed by atoms with E-state index in [0.717, 1.165) is 0 Å². The number of carbonyl (C=O) groups excluding carboxylic acids is 1. The van der Waals surface area contributed by atoms with Crippen molar-refractivity contribution in [2.75, 3.05) is 13.3 Å². The molecule has 0 aliphatic carbocycles. The summed E-state index contributed by atoms with van der Waals surface area (Å²) in [7, 11) is -2.82. The van der Waals surface area contributed by atoms with E-state index in [9.17, 15) is 9.36 Å². The van der Waals surface area contributed by atoms with Crippen LogP contribution >= 0.6 is 19.2 Å². The van der Waals surface area contributed by atoms with Crippen LogP contribution in [-0.2, 0) is 15.8 Å². The predicted octanol–water partition coefficient (Wildman–Crippen LogP) is 1.56. The number of hydrogen-bond donors (Lipinski definition) is 2. The number of carbonyl (C=O) groups is 1. The first-order valence-corrected chi connectivity index (χ1v) is 8.30. The summed E-state index contributed by atoms with van der Waals surface area (Å²) in [4.78, 5) is 29.1. The Kier molecular flexibility index (Phi) is 4.97. The zero-order valence-electron chi connectivity index (χ0n) is 11.5. The standard InChI is InChI=1S/C12H13ClN3O5P/c1-21-12(17)9-3-2-8(6-10(9)13)11-7-16(15-14-11)4-5-22(18,19)20/h2-3,6-7H,4-5H2,1H3,(H2,18,19,20). The summed E-state index contributed by atoms with van der Waals surface area (Å²) in [6.45, 7) is 0.0469. The van der Waals surface area contributed by atoms with Gasteiger partial charge in [0.15, 0.2) is 0 Å². The van der Waals surface area contributed by atoms with Gasteiger partial charge in [-0.3, -0.25) is 9.25 Å². The van der Waals surface area contributed by atoms with Gasteiger partial charge in [-0.1, -0.05) is 22.9 Å². The van der Waals surface area contributed by atoms with Crippen LogP contribution in [0.15, 0.2) is 24.4 Å². The third-order valence-corrected chi connectivity index (χ3v) is 3.92. The van der Waals surface area contributed by atoms with Crippen molar-refractivity contribution in [1.82, 2.24) is 15.0 Å². The van der Waals surface area contributed by atoms with Crippen LogP contribution in [0.5, 0.6) is 0 Å². The molecule has 2 N–H and O–H groups in total. The molecule has 2 rings (SSSR count). The molecule has 0 unspecified atom stereocenters. The van der Waals surface area contributed by atoms with E-state index in [1.807, 2.05) is 0 Å². The van der Waals surface area contributed by atoms with Crippen LogP contribution < -0.4 is 0 Å². The largest absolute Gasteiger partial charge is 0.465 e. The van der Waals surface area contributed by atoms with Crippen LogP contribution in [0.25, 0.3) is 11.3 Å². The fourth-order valence-corrected chi connectivity index (χ4v) is 2.45. The molecule has 8 nitrogen and oxygen atoms in total. The van der Waals surface area contributed by atoms with Gasteiger partial charge in [-0.2, -0.15) is 0 Å². The maximum Gasteiger partial charge on any atom is 0.339 e. The minimum absolute atomic E-state index is 0.0469. The third-order valence-electron chi connectivity index (χ3n) is 2.83. The molecule has 2 aromatic rings. The van der Waals surface area contributed by atoms with Gasteiger partial charge in [0.1, 0.15) is 5.69 Å². The van der Waals surface area contributed by atoms with E-state index in [2.05, 4.69) is 15.0 Å². The van der Waals surface area contributed by atoms with Crippen molar-refractivity contribution in [1.29, 1.82) is 0 Å². The summed E-state index contributed by atoms with van der Waals surface area (Å²) < 4.78 is 16.8. The molecule has 0 saturated carbocycles. The van der Waals surface area contributed by atoms with Crippen LogP contribution in [0.1, 0.15) is 10.4 Å². The molecular formula is C12H13ClN3O5P. The number of aryl methyl sites for hydroxylation is 1. The van der Waals surface area contributed by atoms with Gasteiger partial charge in [-0.05, 0) is 12.1 Å². The maximum atomic E-state index is 11.5. The minimum atomic E-state index is -4.08. The van der Waals surface area contributed by atoms with E-state index >= 15 is 0 Å². The SMILES string of the molecule is COC(=O)c1ccc(-c2cn(CCP(=O)(O)O)nn2)cc1Cl. The van der Waals surface area contributed by atoms with Gasteiger partial charge in [0.05, 0.1) is 36.6 Å². The third kappa shape index (κ3) is 4.14. The maximum absolute atomic E-state index is 11.5. The topological polar surface area (TPSA) is 115 Å². The molecule has 22 heavy (non-hydrogen) atoms. The van der Waals surface area contributed by atoms with E-state index in [-0.39, 0.29) is 23.3 Å². The van der Waals surface area contributed by atoms with Gasteiger partial charge in [-0.25, -0.2) is 4.79 Å². The summed E-state index contributed by atoms with van der Waals surface area (Å²) in [5, 5.41) is 7.91. The fraction of sp³-hybridized carbons (Fsp3) is 0.250. The Labute approximate surface area is 130 Å². The molecule has 0 amide bonds. The van der Waals surface area contributed by atoms with Crippen molar-refractivity contribution in [2.45, 2.75) is 6.54 Å². The molecule has 0 aliphatic rings. The van der Waals surface area contributed by atoms with Crippen molar-refractivity contribution in [3.05, 3.63) is 35.0 Å². The Bertz CT molecular complexity index is 742. The highest BCUT2D eigenvalue weighted by molar-refractivity contribution is 7.51. The van der Waals surface area contributed by atoms with Crippen molar-refractivity contribution in [2.24, 2.45) is 0 Å². The molecule has 0 radical (unpaired) electrons. The number of rotatable bonds is 5. The second-order valence-corrected chi connectivity index (χ2v) is 6.63. The highest BCUT2D eigenvalue weighted by Gasteiger charge is 2.15. The predicted molar refractivity (Wildman–Crippen MR) is 78.7 cm³/mol. The Morgan fingerprint density at radius 1 is 1.45 bits per heavy atom. The molecule has 1 heterocycles. The number of aromatic nitrogens is 3. The summed E-state index contributed by atoms with van der Waals surface area (Å²) >= 11 is 6.02. The second-order valence-electron chi connectivity index (χ2n) is 4.44. The smallest absolute Gasteiger partial charge is 0.339 e. The van der Waals surface area contributed by atoms with Crippen molar-refractivity contribution in [3.63, 3.8) is 0 Å². The summed E-state index contributed by atoms with van der Waals surface area (Å²) in [6, 6.07) is 4.69. The lowest BCUT2D eigenvalue weighted by Gasteiger charge is -2.04. The van der Waals surface area contributed by atoms with E-state index < -0.39 is 13.6 Å².